The predicted molar refractivity (Wildman–Crippen MR) is 177 cm³/mol. The molecule has 0 fully saturated rings. The molecule has 0 spiro atoms. The summed E-state index contributed by atoms with van der Waals surface area (Å²) < 4.78 is 0. The van der Waals surface area contributed by atoms with E-state index in [4.69, 9.17) is 0 Å². The highest BCUT2D eigenvalue weighted by atomic mass is 14.7. The van der Waals surface area contributed by atoms with Gasteiger partial charge in [-0.1, -0.05) is 142 Å². The molecule has 7 aromatic carbocycles. The molecular formula is C40H33N. The second kappa shape index (κ2) is 8.94. The number of hydrogen-bond acceptors (Lipinski definition) is 0. The van der Waals surface area contributed by atoms with Crippen molar-refractivity contribution >= 4 is 54.0 Å². The molecular weight excluding hydrogens is 494 g/mol. The van der Waals surface area contributed by atoms with Crippen molar-refractivity contribution in [1.82, 2.24) is 4.98 Å². The normalized spacial score (nSPS) is 13.2. The van der Waals surface area contributed by atoms with Gasteiger partial charge in [-0.3, -0.25) is 0 Å². The van der Waals surface area contributed by atoms with Gasteiger partial charge in [0.25, 0.3) is 0 Å². The molecule has 0 radical (unpaired) electrons. The number of hydrogen-bond donors (Lipinski definition) is 1. The van der Waals surface area contributed by atoms with Crippen LogP contribution in [-0.4, -0.2) is 4.98 Å². The maximum atomic E-state index is 3.85. The molecule has 0 saturated carbocycles. The van der Waals surface area contributed by atoms with Gasteiger partial charge in [0.2, 0.25) is 0 Å². The molecule has 8 aromatic rings. The van der Waals surface area contributed by atoms with E-state index in [-0.39, 0.29) is 11.3 Å². The maximum Gasteiger partial charge on any atom is 0.0503 e. The fourth-order valence-corrected chi connectivity index (χ4v) is 7.39. The third kappa shape index (κ3) is 3.48. The van der Waals surface area contributed by atoms with E-state index in [1.165, 1.54) is 76.4 Å². The summed E-state index contributed by atoms with van der Waals surface area (Å²) in [6, 6.07) is 45.0. The number of H-pyrrole nitrogens is 1. The largest absolute Gasteiger partial charge is 0.354 e. The zero-order valence-electron chi connectivity index (χ0n) is 23.8. The van der Waals surface area contributed by atoms with Crippen LogP contribution in [0.5, 0.6) is 0 Å². The lowest BCUT2D eigenvalue weighted by molar-refractivity contribution is 0.308. The summed E-state index contributed by atoms with van der Waals surface area (Å²) in [6.07, 6.45) is 1.07. The van der Waals surface area contributed by atoms with Crippen molar-refractivity contribution in [1.29, 1.82) is 0 Å². The Balaban J connectivity index is 1.52. The van der Waals surface area contributed by atoms with E-state index in [1.807, 2.05) is 0 Å². The van der Waals surface area contributed by atoms with E-state index in [2.05, 4.69) is 147 Å². The van der Waals surface area contributed by atoms with Crippen LogP contribution in [0.15, 0.2) is 121 Å². The molecule has 1 atom stereocenters. The molecule has 0 aliphatic carbocycles. The lowest BCUT2D eigenvalue weighted by Crippen LogP contribution is -2.23. The minimum atomic E-state index is 0.0149. The zero-order chi connectivity index (χ0) is 27.7. The predicted octanol–water partition coefficient (Wildman–Crippen LogP) is 11.5. The van der Waals surface area contributed by atoms with Crippen molar-refractivity contribution in [3.63, 3.8) is 0 Å². The summed E-state index contributed by atoms with van der Waals surface area (Å²) in [5.74, 6) is 0.191. The van der Waals surface area contributed by atoms with Crippen LogP contribution in [0.2, 0.25) is 0 Å². The van der Waals surface area contributed by atoms with E-state index in [9.17, 15) is 0 Å². The van der Waals surface area contributed by atoms with Crippen molar-refractivity contribution in [2.75, 3.05) is 0 Å². The third-order valence-corrected chi connectivity index (χ3v) is 9.66. The first-order valence-electron chi connectivity index (χ1n) is 14.8. The number of benzene rings is 7. The molecule has 1 nitrogen and oxygen atoms in total. The third-order valence-electron chi connectivity index (χ3n) is 9.66. The quantitative estimate of drug-likeness (QED) is 0.169. The van der Waals surface area contributed by atoms with E-state index in [0.717, 1.165) is 6.42 Å². The van der Waals surface area contributed by atoms with Gasteiger partial charge in [0.15, 0.2) is 0 Å². The monoisotopic (exact) mass is 527 g/mol. The Bertz CT molecular complexity index is 2160. The van der Waals surface area contributed by atoms with Crippen LogP contribution in [0.25, 0.3) is 65.3 Å². The van der Waals surface area contributed by atoms with Gasteiger partial charge in [-0.15, -0.1) is 0 Å². The summed E-state index contributed by atoms with van der Waals surface area (Å²) in [5.41, 5.74) is 6.49. The molecule has 0 saturated heterocycles. The van der Waals surface area contributed by atoms with Gasteiger partial charge in [-0.05, 0) is 71.3 Å². The molecule has 1 unspecified atom stereocenters. The van der Waals surface area contributed by atoms with E-state index in [1.54, 1.807) is 0 Å². The Hall–Kier alpha value is -4.62. The van der Waals surface area contributed by atoms with Crippen LogP contribution < -0.4 is 0 Å². The first-order valence-corrected chi connectivity index (χ1v) is 14.8. The summed E-state index contributed by atoms with van der Waals surface area (Å²) >= 11 is 0. The Morgan fingerprint density at radius 3 is 1.88 bits per heavy atom. The molecule has 0 bridgehead atoms. The van der Waals surface area contributed by atoms with E-state index < -0.39 is 0 Å². The summed E-state index contributed by atoms with van der Waals surface area (Å²) in [5, 5.41) is 12.1. The summed E-state index contributed by atoms with van der Waals surface area (Å²) in [7, 11) is 0. The highest BCUT2D eigenvalue weighted by Gasteiger charge is 2.36. The average molecular weight is 528 g/mol. The molecule has 1 heteroatoms. The molecule has 198 valence electrons. The lowest BCUT2D eigenvalue weighted by Gasteiger charge is -2.36. The minimum Gasteiger partial charge on any atom is -0.354 e. The molecule has 0 aliphatic rings. The second-order valence-electron chi connectivity index (χ2n) is 12.2. The van der Waals surface area contributed by atoms with Gasteiger partial charge in [0, 0.05) is 16.8 Å². The van der Waals surface area contributed by atoms with Gasteiger partial charge in [0.05, 0.1) is 5.69 Å². The second-order valence-corrected chi connectivity index (χ2v) is 12.2. The molecule has 1 heterocycles. The molecule has 0 amide bonds. The number of aromatic nitrogens is 1. The zero-order valence-corrected chi connectivity index (χ0v) is 23.8. The minimum absolute atomic E-state index is 0.0149. The smallest absolute Gasteiger partial charge is 0.0503 e. The van der Waals surface area contributed by atoms with Crippen LogP contribution in [0.4, 0.5) is 0 Å². The summed E-state index contributed by atoms with van der Waals surface area (Å²) in [4.78, 5) is 3.85. The molecule has 1 aromatic heterocycles. The lowest BCUT2D eigenvalue weighted by atomic mass is 9.67. The van der Waals surface area contributed by atoms with Crippen LogP contribution in [0.3, 0.4) is 0 Å². The highest BCUT2D eigenvalue weighted by molar-refractivity contribution is 6.33. The van der Waals surface area contributed by atoms with Gasteiger partial charge >= 0.3 is 0 Å². The number of aromatic amines is 1. The van der Waals surface area contributed by atoms with E-state index >= 15 is 0 Å². The number of fused-ring (bicyclic) bond motifs is 3. The van der Waals surface area contributed by atoms with Crippen LogP contribution in [0.1, 0.15) is 44.2 Å². The average Bonchev–Trinajstić information content (AvgIpc) is 3.39. The van der Waals surface area contributed by atoms with E-state index in [0.29, 0.717) is 0 Å². The highest BCUT2D eigenvalue weighted by Crippen LogP contribution is 2.52. The van der Waals surface area contributed by atoms with Crippen LogP contribution in [-0.2, 0) is 0 Å². The molecule has 8 rings (SSSR count). The maximum absolute atomic E-state index is 3.85. The first kappa shape index (κ1) is 24.2. The van der Waals surface area contributed by atoms with Crippen LogP contribution >= 0.6 is 0 Å². The number of rotatable bonds is 5. The molecule has 1 N–H and O–H groups in total. The molecule has 41 heavy (non-hydrogen) atoms. The summed E-state index contributed by atoms with van der Waals surface area (Å²) in [6.45, 7) is 7.23. The molecule has 0 aliphatic heterocycles. The van der Waals surface area contributed by atoms with Gasteiger partial charge in [0.1, 0.15) is 0 Å². The van der Waals surface area contributed by atoms with Crippen molar-refractivity contribution in [3.05, 3.63) is 132 Å². The Labute approximate surface area is 240 Å². The van der Waals surface area contributed by atoms with Gasteiger partial charge in [-0.25, -0.2) is 0 Å². The number of para-hydroxylation sites is 1. The number of nitrogens with one attached hydrogen (secondary N) is 1. The first-order chi connectivity index (χ1) is 20.1. The Kier molecular flexibility index (Phi) is 5.28. The van der Waals surface area contributed by atoms with Crippen molar-refractivity contribution in [2.24, 2.45) is 5.41 Å². The van der Waals surface area contributed by atoms with Crippen molar-refractivity contribution in [3.8, 4) is 11.3 Å². The van der Waals surface area contributed by atoms with Gasteiger partial charge in [-0.2, -0.15) is 0 Å². The van der Waals surface area contributed by atoms with Crippen molar-refractivity contribution < 1.29 is 0 Å². The fraction of sp³-hybridized carbons (Fsp3) is 0.150. The Morgan fingerprint density at radius 1 is 0.561 bits per heavy atom. The Morgan fingerprint density at radius 2 is 1.15 bits per heavy atom. The van der Waals surface area contributed by atoms with Gasteiger partial charge < -0.3 is 4.98 Å². The fourth-order valence-electron chi connectivity index (χ4n) is 7.39. The van der Waals surface area contributed by atoms with Crippen molar-refractivity contribution in [2.45, 2.75) is 33.1 Å². The SMILES string of the molecule is CCC(C)(C)C(c1c(-c2ccccc2)[nH]c2ccccc12)c1ccc2c3cccc4cccc(c5cccc1c52)c43. The van der Waals surface area contributed by atoms with Crippen LogP contribution in [0, 0.1) is 5.41 Å². The standard InChI is InChI=1S/C40H33N/c1-4-40(2,3)38(37-33-17-8-9-22-34(33)41-39(37)26-13-6-5-7-14-26)32-24-23-31-28-19-11-16-25-15-10-18-27(35(25)28)29-20-12-21-30(32)36(29)31/h5-24,38,41H,4H2,1-3H3. The topological polar surface area (TPSA) is 15.8 Å².